The third-order valence-electron chi connectivity index (χ3n) is 5.51. The number of amides is 2. The van der Waals surface area contributed by atoms with E-state index in [1.807, 2.05) is 35.2 Å². The summed E-state index contributed by atoms with van der Waals surface area (Å²) in [5, 5.41) is 3.25. The number of hydrogen-bond acceptors (Lipinski definition) is 2. The van der Waals surface area contributed by atoms with Crippen LogP contribution >= 0.6 is 0 Å². The zero-order chi connectivity index (χ0) is 16.4. The van der Waals surface area contributed by atoms with Gasteiger partial charge in [-0.05, 0) is 44.1 Å². The van der Waals surface area contributed by atoms with Gasteiger partial charge in [0.15, 0.2) is 0 Å². The van der Waals surface area contributed by atoms with Crippen LogP contribution in [0, 0.1) is 5.92 Å². The van der Waals surface area contributed by atoms with E-state index in [2.05, 4.69) is 12.2 Å². The van der Waals surface area contributed by atoms with Crippen LogP contribution < -0.4 is 5.32 Å². The molecule has 1 saturated carbocycles. The number of carbonyl (C=O) groups excluding carboxylic acids is 2. The van der Waals surface area contributed by atoms with Gasteiger partial charge in [0.2, 0.25) is 11.8 Å². The molecule has 0 aromatic heterocycles. The summed E-state index contributed by atoms with van der Waals surface area (Å²) in [7, 11) is 0. The van der Waals surface area contributed by atoms with Gasteiger partial charge in [-0.2, -0.15) is 0 Å². The van der Waals surface area contributed by atoms with Crippen LogP contribution in [0.2, 0.25) is 0 Å². The standard InChI is InChI=1S/C19H26N2O2/c1-14(16-8-9-16)20-18(23)19(17-6-4-3-5-7-17)10-12-21(13-11-19)15(2)22/h3-7,14,16H,8-13H2,1-2H3,(H,20,23)/t14-/m0/s1. The molecule has 1 aromatic carbocycles. The fourth-order valence-electron chi connectivity index (χ4n) is 3.67. The molecule has 0 unspecified atom stereocenters. The van der Waals surface area contributed by atoms with Gasteiger partial charge in [-0.15, -0.1) is 0 Å². The van der Waals surface area contributed by atoms with Crippen molar-refractivity contribution >= 4 is 11.8 Å². The van der Waals surface area contributed by atoms with Crippen LogP contribution in [0.25, 0.3) is 0 Å². The number of hydrogen-bond donors (Lipinski definition) is 1. The number of nitrogens with zero attached hydrogens (tertiary/aromatic N) is 1. The largest absolute Gasteiger partial charge is 0.353 e. The van der Waals surface area contributed by atoms with Gasteiger partial charge in [0, 0.05) is 26.1 Å². The smallest absolute Gasteiger partial charge is 0.231 e. The highest BCUT2D eigenvalue weighted by atomic mass is 16.2. The Morgan fingerprint density at radius 2 is 1.78 bits per heavy atom. The maximum Gasteiger partial charge on any atom is 0.231 e. The van der Waals surface area contributed by atoms with Crippen LogP contribution in [0.15, 0.2) is 30.3 Å². The predicted molar refractivity (Wildman–Crippen MR) is 89.9 cm³/mol. The molecule has 23 heavy (non-hydrogen) atoms. The Balaban J connectivity index is 1.82. The predicted octanol–water partition coefficient (Wildman–Crippen LogP) is 2.48. The Bertz CT molecular complexity index is 572. The van der Waals surface area contributed by atoms with Gasteiger partial charge in [0.1, 0.15) is 0 Å². The van der Waals surface area contributed by atoms with Crippen molar-refractivity contribution in [3.63, 3.8) is 0 Å². The lowest BCUT2D eigenvalue weighted by Gasteiger charge is -2.41. The van der Waals surface area contributed by atoms with E-state index >= 15 is 0 Å². The Morgan fingerprint density at radius 1 is 1.17 bits per heavy atom. The van der Waals surface area contributed by atoms with Gasteiger partial charge in [0.05, 0.1) is 5.41 Å². The first kappa shape index (κ1) is 16.0. The highest BCUT2D eigenvalue weighted by Gasteiger charge is 2.44. The van der Waals surface area contributed by atoms with E-state index in [-0.39, 0.29) is 17.9 Å². The van der Waals surface area contributed by atoms with Crippen molar-refractivity contribution in [2.24, 2.45) is 5.92 Å². The minimum atomic E-state index is -0.504. The van der Waals surface area contributed by atoms with Gasteiger partial charge in [-0.1, -0.05) is 30.3 Å². The van der Waals surface area contributed by atoms with Crippen molar-refractivity contribution in [3.8, 4) is 0 Å². The van der Waals surface area contributed by atoms with Gasteiger partial charge >= 0.3 is 0 Å². The van der Waals surface area contributed by atoms with E-state index in [1.54, 1.807) is 6.92 Å². The Kier molecular flexibility index (Phi) is 4.42. The van der Waals surface area contributed by atoms with Crippen LogP contribution in [0.1, 0.15) is 45.1 Å². The zero-order valence-electron chi connectivity index (χ0n) is 14.0. The molecule has 4 nitrogen and oxygen atoms in total. The Hall–Kier alpha value is -1.84. The van der Waals surface area contributed by atoms with Crippen LogP contribution in [0.3, 0.4) is 0 Å². The molecule has 1 aromatic rings. The molecular formula is C19H26N2O2. The summed E-state index contributed by atoms with van der Waals surface area (Å²) in [4.78, 5) is 26.6. The summed E-state index contributed by atoms with van der Waals surface area (Å²) in [5.41, 5.74) is 0.569. The maximum absolute atomic E-state index is 13.1. The summed E-state index contributed by atoms with van der Waals surface area (Å²) in [6.45, 7) is 5.01. The molecule has 3 rings (SSSR count). The van der Waals surface area contributed by atoms with Crippen molar-refractivity contribution in [2.75, 3.05) is 13.1 Å². The van der Waals surface area contributed by atoms with Gasteiger partial charge in [-0.3, -0.25) is 9.59 Å². The van der Waals surface area contributed by atoms with E-state index in [9.17, 15) is 9.59 Å². The molecule has 4 heteroatoms. The molecule has 1 aliphatic carbocycles. The SMILES string of the molecule is CC(=O)N1CCC(C(=O)N[C@@H](C)C2CC2)(c2ccccc2)CC1. The third kappa shape index (κ3) is 3.26. The van der Waals surface area contributed by atoms with Crippen molar-refractivity contribution in [1.29, 1.82) is 0 Å². The minimum absolute atomic E-state index is 0.0958. The number of likely N-dealkylation sites (tertiary alicyclic amines) is 1. The van der Waals surface area contributed by atoms with E-state index in [0.29, 0.717) is 31.8 Å². The molecule has 124 valence electrons. The molecule has 2 amide bonds. The molecule has 0 spiro atoms. The van der Waals surface area contributed by atoms with E-state index < -0.39 is 5.41 Å². The molecule has 1 aliphatic heterocycles. The van der Waals surface area contributed by atoms with E-state index in [4.69, 9.17) is 0 Å². The van der Waals surface area contributed by atoms with Crippen LogP contribution in [-0.2, 0) is 15.0 Å². The molecule has 1 saturated heterocycles. The average Bonchev–Trinajstić information content (AvgIpc) is 3.40. The van der Waals surface area contributed by atoms with Crippen molar-refractivity contribution < 1.29 is 9.59 Å². The molecule has 2 fully saturated rings. The van der Waals surface area contributed by atoms with Crippen LogP contribution in [-0.4, -0.2) is 35.8 Å². The summed E-state index contributed by atoms with van der Waals surface area (Å²) < 4.78 is 0. The highest BCUT2D eigenvalue weighted by Crippen LogP contribution is 2.38. The number of benzene rings is 1. The second-order valence-corrected chi connectivity index (χ2v) is 7.05. The third-order valence-corrected chi connectivity index (χ3v) is 5.51. The van der Waals surface area contributed by atoms with Crippen molar-refractivity contribution in [1.82, 2.24) is 10.2 Å². The van der Waals surface area contributed by atoms with Gasteiger partial charge in [-0.25, -0.2) is 0 Å². The first-order valence-electron chi connectivity index (χ1n) is 8.65. The van der Waals surface area contributed by atoms with Gasteiger partial charge < -0.3 is 10.2 Å². The highest BCUT2D eigenvalue weighted by molar-refractivity contribution is 5.89. The molecule has 0 bridgehead atoms. The van der Waals surface area contributed by atoms with Crippen molar-refractivity contribution in [3.05, 3.63) is 35.9 Å². The lowest BCUT2D eigenvalue weighted by atomic mass is 9.71. The summed E-state index contributed by atoms with van der Waals surface area (Å²) >= 11 is 0. The fraction of sp³-hybridized carbons (Fsp3) is 0.579. The number of rotatable bonds is 4. The topological polar surface area (TPSA) is 49.4 Å². The number of carbonyl (C=O) groups is 2. The monoisotopic (exact) mass is 314 g/mol. The molecule has 1 heterocycles. The quantitative estimate of drug-likeness (QED) is 0.928. The first-order chi connectivity index (χ1) is 11.0. The Labute approximate surface area is 138 Å². The lowest BCUT2D eigenvalue weighted by molar-refractivity contribution is -0.135. The summed E-state index contributed by atoms with van der Waals surface area (Å²) in [5.74, 6) is 0.869. The maximum atomic E-state index is 13.1. The van der Waals surface area contributed by atoms with Gasteiger partial charge in [0.25, 0.3) is 0 Å². The van der Waals surface area contributed by atoms with Crippen LogP contribution in [0.4, 0.5) is 0 Å². The Morgan fingerprint density at radius 3 is 2.30 bits per heavy atom. The summed E-state index contributed by atoms with van der Waals surface area (Å²) in [6.07, 6.45) is 3.83. The average molecular weight is 314 g/mol. The minimum Gasteiger partial charge on any atom is -0.353 e. The van der Waals surface area contributed by atoms with E-state index in [1.165, 1.54) is 12.8 Å². The van der Waals surface area contributed by atoms with E-state index in [0.717, 1.165) is 5.56 Å². The fourth-order valence-corrected chi connectivity index (χ4v) is 3.67. The molecule has 0 radical (unpaired) electrons. The first-order valence-corrected chi connectivity index (χ1v) is 8.65. The molecule has 1 N–H and O–H groups in total. The van der Waals surface area contributed by atoms with Crippen molar-refractivity contribution in [2.45, 2.75) is 51.0 Å². The number of nitrogens with one attached hydrogen (secondary N) is 1. The second kappa shape index (κ2) is 6.34. The lowest BCUT2D eigenvalue weighted by Crippen LogP contribution is -2.54. The van der Waals surface area contributed by atoms with Crippen LogP contribution in [0.5, 0.6) is 0 Å². The summed E-state index contributed by atoms with van der Waals surface area (Å²) in [6, 6.07) is 10.3. The normalized spacial score (nSPS) is 21.6. The zero-order valence-corrected chi connectivity index (χ0v) is 14.0. The molecule has 1 atom stereocenters. The molecular weight excluding hydrogens is 288 g/mol. The molecule has 2 aliphatic rings. The number of piperidine rings is 1. The second-order valence-electron chi connectivity index (χ2n) is 7.05.